The summed E-state index contributed by atoms with van der Waals surface area (Å²) in [5, 5.41) is 13.8. The van der Waals surface area contributed by atoms with E-state index in [1.54, 1.807) is 0 Å². The van der Waals surface area contributed by atoms with Crippen molar-refractivity contribution in [2.24, 2.45) is 0 Å². The second-order valence-electron chi connectivity index (χ2n) is 14.7. The SMILES string of the molecule is CCCCCCCC/C=C/CCCCCCCC(=O)N[C@@H](COP(=O)(O)OCC[N+](C)(C)C)[C@H](O)CCCCCCCCCCCC. The average molecular weight is 690 g/mol. The molecular weight excluding hydrogens is 611 g/mol. The molecule has 0 aromatic heterocycles. The normalized spacial score (nSPS) is 14.8. The van der Waals surface area contributed by atoms with Crippen molar-refractivity contribution in [3.05, 3.63) is 12.2 Å². The standard InChI is InChI=1S/C38H77N2O6P/c1-6-8-10-12-14-16-18-19-20-21-22-24-26-28-30-32-38(42)39-36(35-46-47(43,44)45-34-33-40(3,4)5)37(41)31-29-27-25-23-17-15-13-11-9-7-2/h19-20,36-37,41H,6-18,21-35H2,1-5H3,(H-,39,42,43,44)/p+1/b20-19+/t36-,37+/m0/s1. The first-order valence-electron chi connectivity index (χ1n) is 19.6. The number of allylic oxidation sites excluding steroid dienone is 2. The molecule has 8 nitrogen and oxygen atoms in total. The number of unbranched alkanes of at least 4 members (excludes halogenated alkanes) is 20. The largest absolute Gasteiger partial charge is 0.472 e. The molecule has 47 heavy (non-hydrogen) atoms. The molecule has 3 atom stereocenters. The van der Waals surface area contributed by atoms with Crippen LogP contribution in [0.2, 0.25) is 0 Å². The molecule has 280 valence electrons. The first kappa shape index (κ1) is 46.2. The number of rotatable bonds is 35. The second kappa shape index (κ2) is 31.2. The van der Waals surface area contributed by atoms with Gasteiger partial charge < -0.3 is 19.8 Å². The predicted octanol–water partition coefficient (Wildman–Crippen LogP) is 10.0. The van der Waals surface area contributed by atoms with Gasteiger partial charge in [-0.1, -0.05) is 142 Å². The van der Waals surface area contributed by atoms with E-state index < -0.39 is 20.0 Å². The predicted molar refractivity (Wildman–Crippen MR) is 198 cm³/mol. The molecular formula is C38H78N2O6P+. The molecule has 0 aliphatic carbocycles. The Bertz CT molecular complexity index is 789. The maximum Gasteiger partial charge on any atom is 0.472 e. The van der Waals surface area contributed by atoms with Crippen LogP contribution in [0.5, 0.6) is 0 Å². The molecule has 1 amide bonds. The Kier molecular flexibility index (Phi) is 30.7. The minimum Gasteiger partial charge on any atom is -0.391 e. The highest BCUT2D eigenvalue weighted by Gasteiger charge is 2.28. The fraction of sp³-hybridized carbons (Fsp3) is 0.921. The smallest absolute Gasteiger partial charge is 0.391 e. The Labute approximate surface area is 291 Å². The minimum absolute atomic E-state index is 0.0743. The first-order valence-corrected chi connectivity index (χ1v) is 21.0. The molecule has 0 fully saturated rings. The number of quaternary nitrogens is 1. The van der Waals surface area contributed by atoms with Gasteiger partial charge in [-0.15, -0.1) is 0 Å². The molecule has 0 aliphatic rings. The zero-order chi connectivity index (χ0) is 35.1. The average Bonchev–Trinajstić information content (AvgIpc) is 3.01. The minimum atomic E-state index is -4.30. The lowest BCUT2D eigenvalue weighted by atomic mass is 10.0. The van der Waals surface area contributed by atoms with Gasteiger partial charge in [0, 0.05) is 6.42 Å². The number of aliphatic hydroxyl groups excluding tert-OH is 1. The number of carbonyl (C=O) groups is 1. The van der Waals surface area contributed by atoms with Crippen molar-refractivity contribution in [3.8, 4) is 0 Å². The highest BCUT2D eigenvalue weighted by Crippen LogP contribution is 2.43. The van der Waals surface area contributed by atoms with E-state index in [4.69, 9.17) is 9.05 Å². The fourth-order valence-corrected chi connectivity index (χ4v) is 6.30. The summed E-state index contributed by atoms with van der Waals surface area (Å²) in [5.74, 6) is -0.155. The van der Waals surface area contributed by atoms with Gasteiger partial charge in [0.15, 0.2) is 0 Å². The number of nitrogens with one attached hydrogen (secondary N) is 1. The summed E-state index contributed by atoms with van der Waals surface area (Å²) in [6.07, 6.45) is 32.3. The molecule has 0 radical (unpaired) electrons. The first-order chi connectivity index (χ1) is 22.5. The van der Waals surface area contributed by atoms with E-state index in [0.29, 0.717) is 23.9 Å². The number of likely N-dealkylation sites (N-methyl/N-ethyl adjacent to an activating group) is 1. The van der Waals surface area contributed by atoms with Crippen molar-refractivity contribution in [2.45, 2.75) is 187 Å². The van der Waals surface area contributed by atoms with Crippen molar-refractivity contribution in [3.63, 3.8) is 0 Å². The van der Waals surface area contributed by atoms with Gasteiger partial charge in [0.2, 0.25) is 5.91 Å². The number of aliphatic hydroxyl groups is 1. The summed E-state index contributed by atoms with van der Waals surface area (Å²) in [6, 6.07) is -0.758. The number of nitrogens with zero attached hydrogens (tertiary/aromatic N) is 1. The Morgan fingerprint density at radius 2 is 1.15 bits per heavy atom. The van der Waals surface area contributed by atoms with Crippen LogP contribution < -0.4 is 5.32 Å². The van der Waals surface area contributed by atoms with Crippen LogP contribution in [0.3, 0.4) is 0 Å². The van der Waals surface area contributed by atoms with E-state index in [2.05, 4.69) is 31.3 Å². The zero-order valence-electron chi connectivity index (χ0n) is 31.5. The third-order valence-corrected chi connectivity index (χ3v) is 9.75. The van der Waals surface area contributed by atoms with Crippen LogP contribution in [0.4, 0.5) is 0 Å². The van der Waals surface area contributed by atoms with Gasteiger partial charge in [-0.05, 0) is 38.5 Å². The van der Waals surface area contributed by atoms with Crippen LogP contribution >= 0.6 is 7.82 Å². The molecule has 0 saturated carbocycles. The zero-order valence-corrected chi connectivity index (χ0v) is 32.4. The molecule has 0 aliphatic heterocycles. The molecule has 0 spiro atoms. The third kappa shape index (κ3) is 33.5. The molecule has 9 heteroatoms. The maximum atomic E-state index is 12.8. The molecule has 0 aromatic rings. The topological polar surface area (TPSA) is 105 Å². The van der Waals surface area contributed by atoms with Crippen LogP contribution in [0, 0.1) is 0 Å². The lowest BCUT2D eigenvalue weighted by Gasteiger charge is -2.26. The second-order valence-corrected chi connectivity index (χ2v) is 16.1. The summed E-state index contributed by atoms with van der Waals surface area (Å²) in [7, 11) is 1.61. The lowest BCUT2D eigenvalue weighted by molar-refractivity contribution is -0.870. The van der Waals surface area contributed by atoms with E-state index in [1.807, 2.05) is 21.1 Å². The fourth-order valence-electron chi connectivity index (χ4n) is 5.57. The molecule has 0 heterocycles. The molecule has 0 bridgehead atoms. The Morgan fingerprint density at radius 3 is 1.64 bits per heavy atom. The number of phosphoric ester groups is 1. The highest BCUT2D eigenvalue weighted by atomic mass is 31.2. The van der Waals surface area contributed by atoms with E-state index in [-0.39, 0.29) is 19.1 Å². The molecule has 0 aromatic carbocycles. The van der Waals surface area contributed by atoms with Crippen LogP contribution in [0.1, 0.15) is 174 Å². The van der Waals surface area contributed by atoms with E-state index in [1.165, 1.54) is 96.3 Å². The number of carbonyl (C=O) groups excluding carboxylic acids is 1. The van der Waals surface area contributed by atoms with Crippen molar-refractivity contribution >= 4 is 13.7 Å². The maximum absolute atomic E-state index is 12.8. The van der Waals surface area contributed by atoms with Crippen LogP contribution in [-0.2, 0) is 18.4 Å². The Morgan fingerprint density at radius 1 is 0.702 bits per heavy atom. The molecule has 0 saturated heterocycles. The van der Waals surface area contributed by atoms with Crippen LogP contribution in [-0.4, -0.2) is 73.4 Å². The van der Waals surface area contributed by atoms with Crippen LogP contribution in [0.25, 0.3) is 0 Å². The summed E-state index contributed by atoms with van der Waals surface area (Å²) in [4.78, 5) is 23.0. The van der Waals surface area contributed by atoms with Crippen molar-refractivity contribution < 1.29 is 32.9 Å². The van der Waals surface area contributed by atoms with Gasteiger partial charge in [-0.3, -0.25) is 13.8 Å². The third-order valence-electron chi connectivity index (χ3n) is 8.76. The molecule has 1 unspecified atom stereocenters. The van der Waals surface area contributed by atoms with E-state index in [0.717, 1.165) is 51.4 Å². The van der Waals surface area contributed by atoms with E-state index in [9.17, 15) is 19.4 Å². The van der Waals surface area contributed by atoms with Gasteiger partial charge in [-0.25, -0.2) is 4.57 Å². The highest BCUT2D eigenvalue weighted by molar-refractivity contribution is 7.47. The van der Waals surface area contributed by atoms with E-state index >= 15 is 0 Å². The van der Waals surface area contributed by atoms with Gasteiger partial charge >= 0.3 is 7.82 Å². The summed E-state index contributed by atoms with van der Waals surface area (Å²) in [6.45, 7) is 4.84. The summed E-state index contributed by atoms with van der Waals surface area (Å²) in [5.41, 5.74) is 0. The Balaban J connectivity index is 4.43. The number of hydrogen-bond donors (Lipinski definition) is 3. The number of amides is 1. The van der Waals surface area contributed by atoms with Gasteiger partial charge in [-0.2, -0.15) is 0 Å². The summed E-state index contributed by atoms with van der Waals surface area (Å²) < 4.78 is 23.5. The van der Waals surface area contributed by atoms with Crippen molar-refractivity contribution in [2.75, 3.05) is 40.9 Å². The number of hydrogen-bond acceptors (Lipinski definition) is 5. The van der Waals surface area contributed by atoms with Crippen LogP contribution in [0.15, 0.2) is 12.2 Å². The van der Waals surface area contributed by atoms with Crippen molar-refractivity contribution in [1.82, 2.24) is 5.32 Å². The lowest BCUT2D eigenvalue weighted by Crippen LogP contribution is -2.46. The Hall–Kier alpha value is -0.760. The van der Waals surface area contributed by atoms with Gasteiger partial charge in [0.1, 0.15) is 13.2 Å². The molecule has 3 N–H and O–H groups in total. The number of phosphoric acid groups is 1. The monoisotopic (exact) mass is 690 g/mol. The van der Waals surface area contributed by atoms with Gasteiger partial charge in [0.25, 0.3) is 0 Å². The van der Waals surface area contributed by atoms with Gasteiger partial charge in [0.05, 0.1) is 39.9 Å². The molecule has 0 rings (SSSR count). The quantitative estimate of drug-likeness (QED) is 0.0265. The van der Waals surface area contributed by atoms with Crippen molar-refractivity contribution in [1.29, 1.82) is 0 Å². The summed E-state index contributed by atoms with van der Waals surface area (Å²) >= 11 is 0.